The molecule has 2 atom stereocenters. The molecule has 3 N–H and O–H groups in total. The van der Waals surface area contributed by atoms with Crippen molar-refractivity contribution in [2.45, 2.75) is 35.3 Å². The Hall–Kier alpha value is -5.70. The third-order valence-electron chi connectivity index (χ3n) is 9.27. The van der Waals surface area contributed by atoms with Crippen LogP contribution in [0.5, 0.6) is 0 Å². The zero-order valence-electron chi connectivity index (χ0n) is 30.9. The molecule has 300 valence electrons. The quantitative estimate of drug-likeness (QED) is 0.0390. The van der Waals surface area contributed by atoms with Crippen LogP contribution >= 0.6 is 34.9 Å². The summed E-state index contributed by atoms with van der Waals surface area (Å²) in [4.78, 5) is 51.9. The van der Waals surface area contributed by atoms with Crippen LogP contribution in [0.4, 0.5) is 13.9 Å². The van der Waals surface area contributed by atoms with Gasteiger partial charge in [-0.05, 0) is 46.8 Å². The highest BCUT2D eigenvalue weighted by Crippen LogP contribution is 2.43. The van der Waals surface area contributed by atoms with Gasteiger partial charge in [0.05, 0.1) is 6.54 Å². The van der Waals surface area contributed by atoms with Crippen molar-refractivity contribution < 1.29 is 33.1 Å². The first-order valence-electron chi connectivity index (χ1n) is 17.7. The van der Waals surface area contributed by atoms with E-state index in [-0.39, 0.29) is 22.9 Å². The zero-order valence-corrected chi connectivity index (χ0v) is 33.4. The molecule has 7 rings (SSSR count). The molecular weight excluding hydrogens is 811 g/mol. The molecule has 5 aromatic rings. The van der Waals surface area contributed by atoms with Crippen molar-refractivity contribution in [2.75, 3.05) is 37.5 Å². The molecule has 0 saturated carbocycles. The number of oxime groups is 1. The van der Waals surface area contributed by atoms with Gasteiger partial charge in [0, 0.05) is 23.4 Å². The zero-order chi connectivity index (χ0) is 40.8. The van der Waals surface area contributed by atoms with E-state index in [1.54, 1.807) is 4.68 Å². The summed E-state index contributed by atoms with van der Waals surface area (Å²) in [5.74, 6) is -2.57. The molecule has 2 unspecified atom stereocenters. The second-order valence-electron chi connectivity index (χ2n) is 13.2. The summed E-state index contributed by atoms with van der Waals surface area (Å²) in [5.41, 5.74) is 1.26. The predicted molar refractivity (Wildman–Crippen MR) is 215 cm³/mol. The van der Waals surface area contributed by atoms with Crippen LogP contribution in [0, 0.1) is 0 Å². The van der Waals surface area contributed by atoms with Crippen LogP contribution in [0.25, 0.3) is 0 Å². The molecular formula is C38H36F2N10O5S3. The molecule has 0 spiro atoms. The molecule has 0 bridgehead atoms. The number of β-lactam (4-membered cyclic amide) rings is 1. The summed E-state index contributed by atoms with van der Waals surface area (Å²) in [6.07, 6.45) is 0. The van der Waals surface area contributed by atoms with Gasteiger partial charge in [0.1, 0.15) is 28.3 Å². The maximum absolute atomic E-state index is 13.8. The Balaban J connectivity index is 1.12. The van der Waals surface area contributed by atoms with Crippen molar-refractivity contribution in [2.24, 2.45) is 5.16 Å². The Kier molecular flexibility index (Phi) is 12.5. The normalized spacial score (nSPS) is 17.0. The van der Waals surface area contributed by atoms with Crippen LogP contribution in [-0.2, 0) is 31.3 Å². The number of thioether (sulfide) groups is 2. The fourth-order valence-corrected chi connectivity index (χ4v) is 9.71. The molecule has 1 fully saturated rings. The standard InChI is InChI=1S/C38H36F2N10O5S3/c1-48(2)18-19-49-37(44-46-47-49)58-21-23-20-56-33-29(32(52)50(33)30(23)34(53)54)42-31(51)28(45-55-35(39)40)27-22-57-36(41-27)43-38(24-12-6-3-7-13-24,25-14-8-4-9-15-25)26-16-10-5-11-17-26/h3-17,22,29,33,35H,18-21H2,1-2H3,(H,41,43)(H,42,51)(H,53,54)/b45-28-. The summed E-state index contributed by atoms with van der Waals surface area (Å²) >= 11 is 3.62. The number of fused-ring (bicyclic) bond motifs is 1. The number of benzene rings is 3. The number of hydrogen-bond donors (Lipinski definition) is 3. The topological polar surface area (TPSA) is 180 Å². The lowest BCUT2D eigenvalue weighted by molar-refractivity contribution is -0.150. The number of alkyl halides is 2. The van der Waals surface area contributed by atoms with E-state index in [0.717, 1.165) is 32.9 Å². The maximum atomic E-state index is 13.8. The Morgan fingerprint density at radius 2 is 1.66 bits per heavy atom. The second-order valence-corrected chi connectivity index (χ2v) is 16.1. The molecule has 0 aliphatic carbocycles. The van der Waals surface area contributed by atoms with Crippen molar-refractivity contribution in [1.29, 1.82) is 0 Å². The highest BCUT2D eigenvalue weighted by atomic mass is 32.2. The number of carbonyl (C=O) groups is 3. The number of carboxylic acid groups (broad SMARTS) is 1. The number of anilines is 1. The highest BCUT2D eigenvalue weighted by molar-refractivity contribution is 8.01. The van der Waals surface area contributed by atoms with E-state index < -0.39 is 47.1 Å². The fraction of sp³-hybridized carbons (Fsp3) is 0.263. The minimum Gasteiger partial charge on any atom is -0.477 e. The van der Waals surface area contributed by atoms with Gasteiger partial charge in [0.25, 0.3) is 11.8 Å². The van der Waals surface area contributed by atoms with Gasteiger partial charge in [-0.15, -0.1) is 28.2 Å². The van der Waals surface area contributed by atoms with Gasteiger partial charge in [-0.25, -0.2) is 14.5 Å². The van der Waals surface area contributed by atoms with Gasteiger partial charge >= 0.3 is 12.6 Å². The number of amides is 2. The smallest absolute Gasteiger partial charge is 0.407 e. The predicted octanol–water partition coefficient (Wildman–Crippen LogP) is 4.57. The number of carbonyl (C=O) groups excluding carboxylic acids is 2. The van der Waals surface area contributed by atoms with E-state index in [9.17, 15) is 28.3 Å². The first-order chi connectivity index (χ1) is 28.1. The van der Waals surface area contributed by atoms with Gasteiger partial charge in [-0.1, -0.05) is 108 Å². The Labute approximate surface area is 343 Å². The van der Waals surface area contributed by atoms with Crippen LogP contribution in [0.15, 0.2) is 118 Å². The number of thiazole rings is 1. The molecule has 2 amide bonds. The van der Waals surface area contributed by atoms with Crippen LogP contribution in [0.1, 0.15) is 22.4 Å². The van der Waals surface area contributed by atoms with Crippen LogP contribution in [-0.4, -0.2) is 114 Å². The number of aromatic nitrogens is 5. The van der Waals surface area contributed by atoms with Crippen molar-refractivity contribution in [1.82, 2.24) is 40.3 Å². The lowest BCUT2D eigenvalue weighted by atomic mass is 9.77. The van der Waals surface area contributed by atoms with Crippen molar-refractivity contribution in [3.63, 3.8) is 0 Å². The number of hydrogen-bond acceptors (Lipinski definition) is 14. The molecule has 20 heteroatoms. The monoisotopic (exact) mass is 846 g/mol. The Morgan fingerprint density at radius 1 is 1.03 bits per heavy atom. The van der Waals surface area contributed by atoms with E-state index >= 15 is 0 Å². The Bertz CT molecular complexity index is 2220. The number of rotatable bonds is 17. The molecule has 4 heterocycles. The van der Waals surface area contributed by atoms with Gasteiger partial charge < -0.3 is 25.5 Å². The fourth-order valence-electron chi connectivity index (χ4n) is 6.57. The molecule has 3 aromatic carbocycles. The van der Waals surface area contributed by atoms with Gasteiger partial charge in [0.2, 0.25) is 5.16 Å². The molecule has 1 saturated heterocycles. The van der Waals surface area contributed by atoms with E-state index in [4.69, 9.17) is 0 Å². The van der Waals surface area contributed by atoms with E-state index in [2.05, 4.69) is 41.1 Å². The third kappa shape index (κ3) is 8.45. The summed E-state index contributed by atoms with van der Waals surface area (Å²) in [6, 6.07) is 27.9. The minimum atomic E-state index is -3.35. The lowest BCUT2D eigenvalue weighted by Gasteiger charge is -2.49. The van der Waals surface area contributed by atoms with Crippen LogP contribution in [0.2, 0.25) is 0 Å². The van der Waals surface area contributed by atoms with Gasteiger partial charge in [-0.3, -0.25) is 14.5 Å². The van der Waals surface area contributed by atoms with Crippen molar-refractivity contribution in [3.8, 4) is 0 Å². The third-order valence-corrected chi connectivity index (χ3v) is 12.4. The van der Waals surface area contributed by atoms with Crippen molar-refractivity contribution >= 4 is 63.5 Å². The van der Waals surface area contributed by atoms with E-state index in [1.165, 1.54) is 28.9 Å². The first kappa shape index (κ1) is 40.5. The number of tetrazole rings is 1. The molecule has 2 aliphatic rings. The van der Waals surface area contributed by atoms with Crippen molar-refractivity contribution in [3.05, 3.63) is 130 Å². The summed E-state index contributed by atoms with van der Waals surface area (Å²) in [5, 5.41) is 33.1. The maximum Gasteiger partial charge on any atom is 0.407 e. The Morgan fingerprint density at radius 3 is 2.22 bits per heavy atom. The number of halogens is 2. The van der Waals surface area contributed by atoms with Crippen LogP contribution < -0.4 is 10.6 Å². The number of nitrogens with one attached hydrogen (secondary N) is 2. The molecule has 15 nitrogen and oxygen atoms in total. The van der Waals surface area contributed by atoms with E-state index in [0.29, 0.717) is 29.0 Å². The summed E-state index contributed by atoms with van der Waals surface area (Å²) < 4.78 is 28.3. The average molecular weight is 847 g/mol. The molecule has 2 aliphatic heterocycles. The summed E-state index contributed by atoms with van der Waals surface area (Å²) in [6.45, 7) is -2.14. The lowest BCUT2D eigenvalue weighted by Crippen LogP contribution is -2.71. The number of carboxylic acids is 1. The highest BCUT2D eigenvalue weighted by Gasteiger charge is 2.54. The SMILES string of the molecule is CN(C)CCn1nnnc1SCC1=C(C(=O)O)N2C(=O)C(NC(=O)/C(=N\OC(F)F)c3csc(NC(c4ccccc4)(c4ccccc4)c4ccccc4)n3)C2SC1. The van der Waals surface area contributed by atoms with Gasteiger partial charge in [0.15, 0.2) is 10.8 Å². The molecule has 58 heavy (non-hydrogen) atoms. The minimum absolute atomic E-state index is 0.0907. The number of aliphatic carboxylic acids is 1. The molecule has 0 radical (unpaired) electrons. The largest absolute Gasteiger partial charge is 0.477 e. The average Bonchev–Trinajstić information content (AvgIpc) is 3.90. The number of likely N-dealkylation sites (N-methyl/N-ethyl adjacent to an activating group) is 1. The van der Waals surface area contributed by atoms with E-state index in [1.807, 2.05) is 110 Å². The van der Waals surface area contributed by atoms with Crippen LogP contribution in [0.3, 0.4) is 0 Å². The number of nitrogens with zero attached hydrogens (tertiary/aromatic N) is 8. The summed E-state index contributed by atoms with van der Waals surface area (Å²) in [7, 11) is 3.84. The van der Waals surface area contributed by atoms with Gasteiger partial charge in [-0.2, -0.15) is 8.78 Å². The first-order valence-corrected chi connectivity index (χ1v) is 20.7. The second kappa shape index (κ2) is 17.8. The molecule has 2 aromatic heterocycles.